The summed E-state index contributed by atoms with van der Waals surface area (Å²) in [6, 6.07) is 1.79. The number of halogens is 1. The summed E-state index contributed by atoms with van der Waals surface area (Å²) in [5.74, 6) is -2.10. The molecule has 1 N–H and O–H groups in total. The largest absolute Gasteiger partial charge is 0.389 e. The van der Waals surface area contributed by atoms with Crippen molar-refractivity contribution < 1.29 is 28.9 Å². The first-order valence-electron chi connectivity index (χ1n) is 10.0. The van der Waals surface area contributed by atoms with Crippen LogP contribution in [0.15, 0.2) is 18.6 Å². The summed E-state index contributed by atoms with van der Waals surface area (Å²) in [5.41, 5.74) is -0.458. The number of hydrogen-bond acceptors (Lipinski definition) is 8. The van der Waals surface area contributed by atoms with Gasteiger partial charge in [0.25, 0.3) is 5.91 Å². The van der Waals surface area contributed by atoms with Crippen molar-refractivity contribution >= 4 is 28.5 Å². The number of rotatable bonds is 5. The Bertz CT molecular complexity index is 999. The minimum absolute atomic E-state index is 0.326. The van der Waals surface area contributed by atoms with Gasteiger partial charge in [0.2, 0.25) is 0 Å². The molecular formula is C20H27ClN4O6. The second kappa shape index (κ2) is 7.65. The van der Waals surface area contributed by atoms with Crippen molar-refractivity contribution in [3.8, 4) is 0 Å². The lowest BCUT2D eigenvalue weighted by Gasteiger charge is -2.34. The van der Waals surface area contributed by atoms with Crippen LogP contribution in [-0.4, -0.2) is 74.5 Å². The van der Waals surface area contributed by atoms with Crippen LogP contribution in [-0.2, 0) is 23.8 Å². The second-order valence-corrected chi connectivity index (χ2v) is 8.95. The van der Waals surface area contributed by atoms with E-state index in [-0.39, 0.29) is 5.91 Å². The zero-order valence-corrected chi connectivity index (χ0v) is 19.0. The molecule has 11 heteroatoms. The van der Waals surface area contributed by atoms with Gasteiger partial charge in [-0.3, -0.25) is 9.63 Å². The van der Waals surface area contributed by atoms with Crippen LogP contribution in [0.25, 0.3) is 11.0 Å². The molecule has 2 aromatic heterocycles. The van der Waals surface area contributed by atoms with E-state index in [1.54, 1.807) is 37.6 Å². The van der Waals surface area contributed by atoms with Crippen LogP contribution >= 0.6 is 11.6 Å². The Kier molecular flexibility index (Phi) is 5.52. The summed E-state index contributed by atoms with van der Waals surface area (Å²) < 4.78 is 20.5. The molecular weight excluding hydrogens is 428 g/mol. The van der Waals surface area contributed by atoms with Crippen LogP contribution in [0.4, 0.5) is 0 Å². The molecule has 4 heterocycles. The normalized spacial score (nSPS) is 31.5. The molecule has 2 aliphatic heterocycles. The van der Waals surface area contributed by atoms with Gasteiger partial charge < -0.3 is 23.9 Å². The SMILES string of the molecule is CON(C)C(=O)[C@H](C)[C@@H](O)[C@H]1O[C@@H](n2ccc3c(Cl)ncnc32)[C@@H]2OC(C)(C)O[C@]12C. The molecule has 2 saturated heterocycles. The van der Waals surface area contributed by atoms with Gasteiger partial charge in [0.1, 0.15) is 34.9 Å². The van der Waals surface area contributed by atoms with Crippen LogP contribution in [0, 0.1) is 5.92 Å². The van der Waals surface area contributed by atoms with Crippen LogP contribution in [0.1, 0.15) is 33.9 Å². The number of nitrogens with zero attached hydrogens (tertiary/aromatic N) is 4. The molecule has 0 aliphatic carbocycles. The molecule has 2 aromatic rings. The lowest BCUT2D eigenvalue weighted by Crippen LogP contribution is -2.53. The van der Waals surface area contributed by atoms with Gasteiger partial charge in [0.05, 0.1) is 24.5 Å². The number of hydroxylamine groups is 2. The number of hydrogen-bond donors (Lipinski definition) is 1. The van der Waals surface area contributed by atoms with Crippen molar-refractivity contribution in [1.29, 1.82) is 0 Å². The van der Waals surface area contributed by atoms with Gasteiger partial charge >= 0.3 is 0 Å². The molecule has 10 nitrogen and oxygen atoms in total. The van der Waals surface area contributed by atoms with Gasteiger partial charge in [-0.05, 0) is 26.8 Å². The van der Waals surface area contributed by atoms with E-state index in [1.807, 2.05) is 6.92 Å². The van der Waals surface area contributed by atoms with Gasteiger partial charge in [-0.15, -0.1) is 0 Å². The maximum atomic E-state index is 12.6. The van der Waals surface area contributed by atoms with E-state index in [0.717, 1.165) is 5.06 Å². The van der Waals surface area contributed by atoms with Crippen molar-refractivity contribution in [2.24, 2.45) is 5.92 Å². The molecule has 0 spiro atoms. The number of fused-ring (bicyclic) bond motifs is 2. The molecule has 6 atom stereocenters. The molecule has 170 valence electrons. The Balaban J connectivity index is 1.73. The van der Waals surface area contributed by atoms with E-state index in [0.29, 0.717) is 16.2 Å². The number of ether oxygens (including phenoxy) is 3. The summed E-state index contributed by atoms with van der Waals surface area (Å²) in [6.45, 7) is 7.05. The molecule has 2 aliphatic rings. The first-order chi connectivity index (χ1) is 14.5. The van der Waals surface area contributed by atoms with Gasteiger partial charge in [-0.2, -0.15) is 0 Å². The molecule has 31 heavy (non-hydrogen) atoms. The molecule has 0 bridgehead atoms. The van der Waals surface area contributed by atoms with Crippen LogP contribution < -0.4 is 0 Å². The van der Waals surface area contributed by atoms with E-state index < -0.39 is 41.8 Å². The standard InChI is InChI=1S/C20H27ClN4O6/c1-10(17(27)24(5)28-6)12(26)13-20(4)14(30-19(2,3)31-20)18(29-13)25-8-7-11-15(21)22-9-23-16(11)25/h7-10,12-14,18,26H,1-6H3/t10-,12-,13-,14+,18-,20-/m1/s1. The monoisotopic (exact) mass is 454 g/mol. The third-order valence-electron chi connectivity index (χ3n) is 6.08. The minimum Gasteiger partial charge on any atom is -0.389 e. The Hall–Kier alpha value is -1.82. The fourth-order valence-corrected chi connectivity index (χ4v) is 4.71. The Labute approximate surface area is 184 Å². The number of aliphatic hydroxyl groups is 1. The highest BCUT2D eigenvalue weighted by Crippen LogP contribution is 2.52. The molecule has 0 saturated carbocycles. The maximum Gasteiger partial charge on any atom is 0.251 e. The van der Waals surface area contributed by atoms with Crippen molar-refractivity contribution in [2.45, 2.75) is 63.6 Å². The van der Waals surface area contributed by atoms with E-state index >= 15 is 0 Å². The minimum atomic E-state index is -1.18. The first kappa shape index (κ1) is 22.4. The predicted octanol–water partition coefficient (Wildman–Crippen LogP) is 1.91. The molecule has 0 aromatic carbocycles. The molecule has 1 amide bonds. The zero-order chi connectivity index (χ0) is 22.7. The maximum absolute atomic E-state index is 12.6. The van der Waals surface area contributed by atoms with Gasteiger partial charge in [0.15, 0.2) is 12.0 Å². The summed E-state index contributed by atoms with van der Waals surface area (Å²) in [6.07, 6.45) is -0.124. The average molecular weight is 455 g/mol. The number of amides is 1. The van der Waals surface area contributed by atoms with E-state index in [2.05, 4.69) is 9.97 Å². The van der Waals surface area contributed by atoms with E-state index in [4.69, 9.17) is 30.6 Å². The number of aliphatic hydroxyl groups excluding tert-OH is 1. The molecule has 2 fully saturated rings. The van der Waals surface area contributed by atoms with E-state index in [1.165, 1.54) is 20.5 Å². The zero-order valence-electron chi connectivity index (χ0n) is 18.3. The third-order valence-corrected chi connectivity index (χ3v) is 6.38. The van der Waals surface area contributed by atoms with Crippen LogP contribution in [0.3, 0.4) is 0 Å². The average Bonchev–Trinajstić information content (AvgIpc) is 3.33. The molecule has 0 unspecified atom stereocenters. The number of aromatic nitrogens is 3. The summed E-state index contributed by atoms with van der Waals surface area (Å²) in [4.78, 5) is 25.9. The van der Waals surface area contributed by atoms with Gasteiger partial charge in [0, 0.05) is 13.2 Å². The second-order valence-electron chi connectivity index (χ2n) is 8.59. The highest BCUT2D eigenvalue weighted by Gasteiger charge is 2.66. The Morgan fingerprint density at radius 1 is 1.39 bits per heavy atom. The summed E-state index contributed by atoms with van der Waals surface area (Å²) in [7, 11) is 2.87. The van der Waals surface area contributed by atoms with E-state index in [9.17, 15) is 9.90 Å². The predicted molar refractivity (Wildman–Crippen MR) is 110 cm³/mol. The quantitative estimate of drug-likeness (QED) is 0.539. The highest BCUT2D eigenvalue weighted by atomic mass is 35.5. The first-order valence-corrected chi connectivity index (χ1v) is 10.4. The van der Waals surface area contributed by atoms with Crippen molar-refractivity contribution in [3.63, 3.8) is 0 Å². The van der Waals surface area contributed by atoms with Crippen molar-refractivity contribution in [2.75, 3.05) is 14.2 Å². The molecule has 0 radical (unpaired) electrons. The topological polar surface area (TPSA) is 108 Å². The van der Waals surface area contributed by atoms with Crippen molar-refractivity contribution in [1.82, 2.24) is 19.6 Å². The van der Waals surface area contributed by atoms with Crippen molar-refractivity contribution in [3.05, 3.63) is 23.7 Å². The fourth-order valence-electron chi connectivity index (χ4n) is 4.51. The third kappa shape index (κ3) is 3.51. The van der Waals surface area contributed by atoms with Gasteiger partial charge in [-0.1, -0.05) is 18.5 Å². The number of carbonyl (C=O) groups excluding carboxylic acids is 1. The smallest absolute Gasteiger partial charge is 0.251 e. The Morgan fingerprint density at radius 2 is 2.10 bits per heavy atom. The summed E-state index contributed by atoms with van der Waals surface area (Å²) in [5, 5.41) is 13.2. The lowest BCUT2D eigenvalue weighted by molar-refractivity contribution is -0.227. The Morgan fingerprint density at radius 3 is 2.77 bits per heavy atom. The fraction of sp³-hybridized carbons (Fsp3) is 0.650. The lowest BCUT2D eigenvalue weighted by atomic mass is 9.86. The van der Waals surface area contributed by atoms with Crippen LogP contribution in [0.2, 0.25) is 5.15 Å². The molecule has 4 rings (SSSR count). The van der Waals surface area contributed by atoms with Crippen LogP contribution in [0.5, 0.6) is 0 Å². The summed E-state index contributed by atoms with van der Waals surface area (Å²) >= 11 is 6.20. The van der Waals surface area contributed by atoms with Gasteiger partial charge in [-0.25, -0.2) is 15.0 Å². The highest BCUT2D eigenvalue weighted by molar-refractivity contribution is 6.33. The number of carbonyl (C=O) groups is 1.